The normalized spacial score (nSPS) is 11.8. The lowest BCUT2D eigenvalue weighted by Gasteiger charge is -1.98. The van der Waals surface area contributed by atoms with Crippen LogP contribution in [-0.2, 0) is 4.74 Å². The summed E-state index contributed by atoms with van der Waals surface area (Å²) in [6.07, 6.45) is 13.1. The fourth-order valence-corrected chi connectivity index (χ4v) is 0.974. The van der Waals surface area contributed by atoms with Crippen molar-refractivity contribution in [2.24, 2.45) is 0 Å². The van der Waals surface area contributed by atoms with Crippen molar-refractivity contribution in [1.82, 2.24) is 0 Å². The van der Waals surface area contributed by atoms with E-state index in [0.717, 1.165) is 38.9 Å². The zero-order chi connectivity index (χ0) is 9.78. The lowest BCUT2D eigenvalue weighted by molar-refractivity contribution is 0.143. The van der Waals surface area contributed by atoms with E-state index in [1.807, 2.05) is 0 Å². The van der Waals surface area contributed by atoms with Gasteiger partial charge < -0.3 is 4.74 Å². The molecular weight excluding hydrogens is 160 g/mol. The average molecular weight is 182 g/mol. The van der Waals surface area contributed by atoms with E-state index in [1.54, 1.807) is 0 Å². The Kier molecular flexibility index (Phi) is 10.9. The minimum Gasteiger partial charge on any atom is -0.381 e. The average Bonchev–Trinajstić information content (AvgIpc) is 2.16. The summed E-state index contributed by atoms with van der Waals surface area (Å²) in [4.78, 5) is 0. The third-order valence-electron chi connectivity index (χ3n) is 1.66. The van der Waals surface area contributed by atoms with E-state index in [1.165, 1.54) is 0 Å². The van der Waals surface area contributed by atoms with Crippen LogP contribution in [0.2, 0.25) is 0 Å². The molecule has 0 aromatic heterocycles. The molecule has 0 rings (SSSR count). The van der Waals surface area contributed by atoms with Crippen LogP contribution in [0.3, 0.4) is 0 Å². The summed E-state index contributed by atoms with van der Waals surface area (Å²) in [6, 6.07) is 0. The molecular formula is C12H22O. The Labute approximate surface area is 82.5 Å². The van der Waals surface area contributed by atoms with Crippen LogP contribution < -0.4 is 0 Å². The Morgan fingerprint density at radius 2 is 1.23 bits per heavy atom. The van der Waals surface area contributed by atoms with E-state index >= 15 is 0 Å². The highest BCUT2D eigenvalue weighted by Crippen LogP contribution is 1.91. The summed E-state index contributed by atoms with van der Waals surface area (Å²) in [5.74, 6) is 0. The van der Waals surface area contributed by atoms with E-state index in [9.17, 15) is 0 Å². The predicted octanol–water partition coefficient (Wildman–Crippen LogP) is 3.72. The molecule has 0 heterocycles. The zero-order valence-corrected chi connectivity index (χ0v) is 8.96. The molecule has 0 fully saturated rings. The van der Waals surface area contributed by atoms with Crippen LogP contribution in [-0.4, -0.2) is 13.2 Å². The Bertz CT molecular complexity index is 120. The van der Waals surface area contributed by atoms with Gasteiger partial charge in [0, 0.05) is 0 Å². The maximum atomic E-state index is 5.42. The van der Waals surface area contributed by atoms with Gasteiger partial charge >= 0.3 is 0 Å². The van der Waals surface area contributed by atoms with E-state index in [0.29, 0.717) is 0 Å². The molecule has 0 aromatic rings. The van der Waals surface area contributed by atoms with Gasteiger partial charge in [0.15, 0.2) is 0 Å². The Morgan fingerprint density at radius 1 is 0.769 bits per heavy atom. The Morgan fingerprint density at radius 3 is 1.62 bits per heavy atom. The molecule has 0 unspecified atom stereocenters. The number of hydrogen-bond acceptors (Lipinski definition) is 1. The van der Waals surface area contributed by atoms with Gasteiger partial charge in [0.1, 0.15) is 0 Å². The molecule has 1 heteroatoms. The quantitative estimate of drug-likeness (QED) is 0.410. The largest absolute Gasteiger partial charge is 0.381 e. The predicted molar refractivity (Wildman–Crippen MR) is 58.9 cm³/mol. The minimum atomic E-state index is 0.858. The molecule has 0 bridgehead atoms. The van der Waals surface area contributed by atoms with Crippen molar-refractivity contribution in [1.29, 1.82) is 0 Å². The Balaban J connectivity index is 2.99. The van der Waals surface area contributed by atoms with Gasteiger partial charge in [0.05, 0.1) is 13.2 Å². The van der Waals surface area contributed by atoms with Gasteiger partial charge in [-0.05, 0) is 25.7 Å². The van der Waals surface area contributed by atoms with E-state index in [2.05, 4.69) is 38.2 Å². The van der Waals surface area contributed by atoms with Crippen LogP contribution in [0.1, 0.15) is 39.5 Å². The summed E-state index contributed by atoms with van der Waals surface area (Å²) in [6.45, 7) is 6.01. The zero-order valence-electron chi connectivity index (χ0n) is 8.96. The van der Waals surface area contributed by atoms with Gasteiger partial charge in [-0.3, -0.25) is 0 Å². The first-order valence-electron chi connectivity index (χ1n) is 5.29. The van der Waals surface area contributed by atoms with E-state index in [4.69, 9.17) is 4.74 Å². The third kappa shape index (κ3) is 11.4. The minimum absolute atomic E-state index is 0.858. The van der Waals surface area contributed by atoms with Crippen LogP contribution in [0.4, 0.5) is 0 Å². The van der Waals surface area contributed by atoms with Crippen LogP contribution in [0.5, 0.6) is 0 Å². The topological polar surface area (TPSA) is 9.23 Å². The lowest BCUT2D eigenvalue weighted by Crippen LogP contribution is -1.94. The highest BCUT2D eigenvalue weighted by molar-refractivity contribution is 4.80. The fraction of sp³-hybridized carbons (Fsp3) is 0.667. The maximum Gasteiger partial charge on any atom is 0.0500 e. The third-order valence-corrected chi connectivity index (χ3v) is 1.66. The molecule has 0 aliphatic carbocycles. The van der Waals surface area contributed by atoms with Gasteiger partial charge in [0.2, 0.25) is 0 Å². The number of rotatable bonds is 8. The first-order chi connectivity index (χ1) is 6.41. The monoisotopic (exact) mass is 182 g/mol. The second-order valence-corrected chi connectivity index (χ2v) is 2.95. The smallest absolute Gasteiger partial charge is 0.0500 e. The molecule has 0 aromatic carbocycles. The van der Waals surface area contributed by atoms with Crippen LogP contribution in [0, 0.1) is 0 Å². The van der Waals surface area contributed by atoms with Crippen molar-refractivity contribution < 1.29 is 4.74 Å². The highest BCUT2D eigenvalue weighted by atomic mass is 16.5. The molecule has 13 heavy (non-hydrogen) atoms. The number of ether oxygens (including phenoxy) is 1. The SMILES string of the molecule is CC/C=C\CCOCC/C=C\CC. The first-order valence-corrected chi connectivity index (χ1v) is 5.29. The molecule has 1 nitrogen and oxygen atoms in total. The van der Waals surface area contributed by atoms with Gasteiger partial charge in [-0.15, -0.1) is 0 Å². The van der Waals surface area contributed by atoms with Crippen molar-refractivity contribution in [3.63, 3.8) is 0 Å². The van der Waals surface area contributed by atoms with Crippen molar-refractivity contribution in [3.05, 3.63) is 24.3 Å². The molecule has 0 aliphatic rings. The van der Waals surface area contributed by atoms with Gasteiger partial charge in [-0.2, -0.15) is 0 Å². The number of hydrogen-bond donors (Lipinski definition) is 0. The summed E-state index contributed by atoms with van der Waals surface area (Å²) >= 11 is 0. The Hall–Kier alpha value is -0.560. The summed E-state index contributed by atoms with van der Waals surface area (Å²) in [5.41, 5.74) is 0. The highest BCUT2D eigenvalue weighted by Gasteiger charge is 1.83. The molecule has 0 N–H and O–H groups in total. The molecule has 0 amide bonds. The van der Waals surface area contributed by atoms with Crippen molar-refractivity contribution in [3.8, 4) is 0 Å². The standard InChI is InChI=1S/C12H22O/c1-3-5-7-9-11-13-12-10-8-6-4-2/h5-8H,3-4,9-12H2,1-2H3/b7-5-,8-6-. The lowest BCUT2D eigenvalue weighted by atomic mass is 10.3. The fourth-order valence-electron chi connectivity index (χ4n) is 0.974. The summed E-state index contributed by atoms with van der Waals surface area (Å²) < 4.78 is 5.42. The maximum absolute atomic E-state index is 5.42. The summed E-state index contributed by atoms with van der Waals surface area (Å²) in [5, 5.41) is 0. The molecule has 0 aliphatic heterocycles. The molecule has 0 saturated heterocycles. The number of allylic oxidation sites excluding steroid dienone is 2. The second-order valence-electron chi connectivity index (χ2n) is 2.95. The van der Waals surface area contributed by atoms with E-state index < -0.39 is 0 Å². The first kappa shape index (κ1) is 12.4. The van der Waals surface area contributed by atoms with Crippen molar-refractivity contribution in [2.75, 3.05) is 13.2 Å². The van der Waals surface area contributed by atoms with E-state index in [-0.39, 0.29) is 0 Å². The molecule has 0 atom stereocenters. The second kappa shape index (κ2) is 11.4. The summed E-state index contributed by atoms with van der Waals surface area (Å²) in [7, 11) is 0. The van der Waals surface area contributed by atoms with Crippen LogP contribution >= 0.6 is 0 Å². The van der Waals surface area contributed by atoms with Crippen molar-refractivity contribution in [2.45, 2.75) is 39.5 Å². The van der Waals surface area contributed by atoms with Gasteiger partial charge in [0.25, 0.3) is 0 Å². The van der Waals surface area contributed by atoms with Gasteiger partial charge in [-0.1, -0.05) is 38.2 Å². The van der Waals surface area contributed by atoms with Crippen LogP contribution in [0.15, 0.2) is 24.3 Å². The van der Waals surface area contributed by atoms with Gasteiger partial charge in [-0.25, -0.2) is 0 Å². The molecule has 0 radical (unpaired) electrons. The molecule has 0 saturated carbocycles. The van der Waals surface area contributed by atoms with Crippen molar-refractivity contribution >= 4 is 0 Å². The van der Waals surface area contributed by atoms with Crippen LogP contribution in [0.25, 0.3) is 0 Å². The molecule has 0 spiro atoms. The molecule has 76 valence electrons.